The van der Waals surface area contributed by atoms with E-state index in [1.165, 1.54) is 0 Å². The zero-order chi connectivity index (χ0) is 13.3. The van der Waals surface area contributed by atoms with E-state index >= 15 is 0 Å². The van der Waals surface area contributed by atoms with E-state index < -0.39 is 5.60 Å². The highest BCUT2D eigenvalue weighted by Crippen LogP contribution is 2.31. The number of rotatable bonds is 0. The number of carbonyl (C=O) groups excluding carboxylic acids is 1. The third kappa shape index (κ3) is 2.96. The highest BCUT2D eigenvalue weighted by molar-refractivity contribution is 6.31. The van der Waals surface area contributed by atoms with Crippen LogP contribution in [-0.2, 0) is 11.2 Å². The molecule has 2 rings (SSSR count). The van der Waals surface area contributed by atoms with E-state index in [9.17, 15) is 4.79 Å². The fraction of sp³-hybridized carbons (Fsp3) is 0.500. The first-order valence-electron chi connectivity index (χ1n) is 6.16. The van der Waals surface area contributed by atoms with Gasteiger partial charge in [-0.25, -0.2) is 4.79 Å². The van der Waals surface area contributed by atoms with Crippen LogP contribution in [0.4, 0.5) is 10.5 Å². The molecule has 1 aromatic carbocycles. The molecule has 3 nitrogen and oxygen atoms in total. The van der Waals surface area contributed by atoms with E-state index in [0.717, 1.165) is 24.1 Å². The summed E-state index contributed by atoms with van der Waals surface area (Å²) in [4.78, 5) is 13.8. The van der Waals surface area contributed by atoms with Crippen molar-refractivity contribution in [2.24, 2.45) is 0 Å². The topological polar surface area (TPSA) is 29.5 Å². The van der Waals surface area contributed by atoms with Gasteiger partial charge in [-0.05, 0) is 51.3 Å². The molecular formula is C14H18ClNO2. The maximum atomic E-state index is 12.1. The molecule has 0 saturated heterocycles. The van der Waals surface area contributed by atoms with Crippen molar-refractivity contribution in [1.82, 2.24) is 0 Å². The third-order valence-electron chi connectivity index (χ3n) is 2.78. The highest BCUT2D eigenvalue weighted by Gasteiger charge is 2.27. The lowest BCUT2D eigenvalue weighted by Gasteiger charge is -2.31. The smallest absolute Gasteiger partial charge is 0.414 e. The molecule has 1 amide bonds. The van der Waals surface area contributed by atoms with Crippen molar-refractivity contribution in [3.8, 4) is 0 Å². The van der Waals surface area contributed by atoms with Crippen LogP contribution in [0.5, 0.6) is 0 Å². The third-order valence-corrected chi connectivity index (χ3v) is 3.01. The standard InChI is InChI=1S/C14H18ClNO2/c1-14(2,3)18-13(17)16-8-4-5-10-6-7-11(15)9-12(10)16/h6-7,9H,4-5,8H2,1-3H3. The number of aryl methyl sites for hydroxylation is 1. The van der Waals surface area contributed by atoms with Crippen LogP contribution >= 0.6 is 11.6 Å². The minimum absolute atomic E-state index is 0.300. The first-order valence-corrected chi connectivity index (χ1v) is 6.53. The molecular weight excluding hydrogens is 250 g/mol. The predicted octanol–water partition coefficient (Wildman–Crippen LogP) is 4.03. The molecule has 0 radical (unpaired) electrons. The molecule has 0 spiro atoms. The lowest BCUT2D eigenvalue weighted by Crippen LogP contribution is -2.39. The number of halogens is 1. The predicted molar refractivity (Wildman–Crippen MR) is 73.4 cm³/mol. The van der Waals surface area contributed by atoms with E-state index in [-0.39, 0.29) is 6.09 Å². The SMILES string of the molecule is CC(C)(C)OC(=O)N1CCCc2ccc(Cl)cc21. The summed E-state index contributed by atoms with van der Waals surface area (Å²) in [6.45, 7) is 6.29. The quantitative estimate of drug-likeness (QED) is 0.710. The van der Waals surface area contributed by atoms with Crippen LogP contribution in [0.25, 0.3) is 0 Å². The molecule has 0 aromatic heterocycles. The number of nitrogens with zero attached hydrogens (tertiary/aromatic N) is 1. The summed E-state index contributed by atoms with van der Waals surface area (Å²) >= 11 is 6.00. The fourth-order valence-electron chi connectivity index (χ4n) is 2.05. The van der Waals surface area contributed by atoms with Gasteiger partial charge in [0.15, 0.2) is 0 Å². The molecule has 0 atom stereocenters. The second kappa shape index (κ2) is 4.81. The van der Waals surface area contributed by atoms with E-state index in [4.69, 9.17) is 16.3 Å². The summed E-state index contributed by atoms with van der Waals surface area (Å²) in [5.41, 5.74) is 1.55. The summed E-state index contributed by atoms with van der Waals surface area (Å²) in [7, 11) is 0. The maximum Gasteiger partial charge on any atom is 0.414 e. The Kier molecular flexibility index (Phi) is 3.53. The molecule has 98 valence electrons. The van der Waals surface area contributed by atoms with Gasteiger partial charge >= 0.3 is 6.09 Å². The molecule has 4 heteroatoms. The Labute approximate surface area is 113 Å². The highest BCUT2D eigenvalue weighted by atomic mass is 35.5. The molecule has 1 heterocycles. The Balaban J connectivity index is 2.27. The Morgan fingerprint density at radius 2 is 2.11 bits per heavy atom. The van der Waals surface area contributed by atoms with Gasteiger partial charge in [0.2, 0.25) is 0 Å². The molecule has 1 aliphatic heterocycles. The van der Waals surface area contributed by atoms with Crippen LogP contribution in [0.2, 0.25) is 5.02 Å². The van der Waals surface area contributed by atoms with E-state index in [1.807, 2.05) is 39.0 Å². The van der Waals surface area contributed by atoms with Crippen molar-refractivity contribution in [2.75, 3.05) is 11.4 Å². The molecule has 0 bridgehead atoms. The number of hydrogen-bond acceptors (Lipinski definition) is 2. The van der Waals surface area contributed by atoms with Gasteiger partial charge in [-0.15, -0.1) is 0 Å². The normalized spacial score (nSPS) is 15.2. The summed E-state index contributed by atoms with van der Waals surface area (Å²) in [6.07, 6.45) is 1.63. The van der Waals surface area contributed by atoms with Crippen molar-refractivity contribution in [2.45, 2.75) is 39.2 Å². The summed E-state index contributed by atoms with van der Waals surface area (Å²) in [5.74, 6) is 0. The Morgan fingerprint density at radius 1 is 1.39 bits per heavy atom. The van der Waals surface area contributed by atoms with Crippen LogP contribution in [0.3, 0.4) is 0 Å². The van der Waals surface area contributed by atoms with E-state index in [1.54, 1.807) is 4.90 Å². The van der Waals surface area contributed by atoms with E-state index in [2.05, 4.69) is 0 Å². The minimum atomic E-state index is -0.479. The second-order valence-electron chi connectivity index (χ2n) is 5.51. The van der Waals surface area contributed by atoms with Crippen molar-refractivity contribution < 1.29 is 9.53 Å². The summed E-state index contributed by atoms with van der Waals surface area (Å²) in [6, 6.07) is 5.67. The van der Waals surface area contributed by atoms with Gasteiger partial charge in [-0.1, -0.05) is 17.7 Å². The van der Waals surface area contributed by atoms with Gasteiger partial charge in [-0.2, -0.15) is 0 Å². The van der Waals surface area contributed by atoms with Crippen LogP contribution in [0, 0.1) is 0 Å². The fourth-order valence-corrected chi connectivity index (χ4v) is 2.22. The number of benzene rings is 1. The number of carbonyl (C=O) groups is 1. The molecule has 0 saturated carbocycles. The molecule has 18 heavy (non-hydrogen) atoms. The molecule has 0 unspecified atom stereocenters. The number of hydrogen-bond donors (Lipinski definition) is 0. The van der Waals surface area contributed by atoms with Gasteiger partial charge in [0.25, 0.3) is 0 Å². The first kappa shape index (κ1) is 13.2. The summed E-state index contributed by atoms with van der Waals surface area (Å²) in [5, 5.41) is 0.643. The molecule has 1 aromatic rings. The van der Waals surface area contributed by atoms with Crippen LogP contribution in [0.1, 0.15) is 32.8 Å². The van der Waals surface area contributed by atoms with Gasteiger partial charge < -0.3 is 4.74 Å². The second-order valence-corrected chi connectivity index (χ2v) is 5.95. The number of ether oxygens (including phenoxy) is 1. The lowest BCUT2D eigenvalue weighted by atomic mass is 10.0. The maximum absolute atomic E-state index is 12.1. The number of anilines is 1. The summed E-state index contributed by atoms with van der Waals surface area (Å²) < 4.78 is 5.42. The number of fused-ring (bicyclic) bond motifs is 1. The average Bonchev–Trinajstić information content (AvgIpc) is 2.25. The van der Waals surface area contributed by atoms with E-state index in [0.29, 0.717) is 11.6 Å². The van der Waals surface area contributed by atoms with Gasteiger partial charge in [0.05, 0.1) is 5.69 Å². The largest absolute Gasteiger partial charge is 0.443 e. The zero-order valence-electron chi connectivity index (χ0n) is 11.0. The molecule has 0 aliphatic carbocycles. The Morgan fingerprint density at radius 3 is 2.78 bits per heavy atom. The minimum Gasteiger partial charge on any atom is -0.443 e. The monoisotopic (exact) mass is 267 g/mol. The van der Waals surface area contributed by atoms with Crippen molar-refractivity contribution in [3.05, 3.63) is 28.8 Å². The van der Waals surface area contributed by atoms with Crippen LogP contribution in [0.15, 0.2) is 18.2 Å². The van der Waals surface area contributed by atoms with Gasteiger partial charge in [-0.3, -0.25) is 4.90 Å². The molecule has 0 N–H and O–H groups in total. The van der Waals surface area contributed by atoms with Crippen molar-refractivity contribution in [3.63, 3.8) is 0 Å². The number of amides is 1. The Hall–Kier alpha value is -1.22. The first-order chi connectivity index (χ1) is 8.37. The lowest BCUT2D eigenvalue weighted by molar-refractivity contribution is 0.0578. The van der Waals surface area contributed by atoms with Gasteiger partial charge in [0.1, 0.15) is 5.60 Å². The zero-order valence-corrected chi connectivity index (χ0v) is 11.8. The average molecular weight is 268 g/mol. The Bertz CT molecular complexity index is 465. The van der Waals surface area contributed by atoms with Crippen LogP contribution in [-0.4, -0.2) is 18.2 Å². The van der Waals surface area contributed by atoms with Gasteiger partial charge in [0, 0.05) is 11.6 Å². The van der Waals surface area contributed by atoms with Crippen molar-refractivity contribution >= 4 is 23.4 Å². The van der Waals surface area contributed by atoms with Crippen molar-refractivity contribution in [1.29, 1.82) is 0 Å². The molecule has 1 aliphatic rings. The van der Waals surface area contributed by atoms with Crippen LogP contribution < -0.4 is 4.90 Å². The molecule has 0 fully saturated rings.